The second-order valence-corrected chi connectivity index (χ2v) is 5.38. The lowest BCUT2D eigenvalue weighted by atomic mass is 10.2. The van der Waals surface area contributed by atoms with Crippen LogP contribution in [0.25, 0.3) is 10.9 Å². The molecule has 3 aromatic rings. The molecule has 100 valence electrons. The summed E-state index contributed by atoms with van der Waals surface area (Å²) in [4.78, 5) is 5.80. The number of nitrogen functional groups attached to an aromatic ring is 1. The highest BCUT2D eigenvalue weighted by molar-refractivity contribution is 7.99. The number of pyridine rings is 1. The van der Waals surface area contributed by atoms with E-state index in [9.17, 15) is 8.78 Å². The molecule has 0 bridgehead atoms. The zero-order valence-corrected chi connectivity index (χ0v) is 11.1. The predicted molar refractivity (Wildman–Crippen MR) is 76.6 cm³/mol. The zero-order chi connectivity index (χ0) is 14.1. The molecule has 0 atom stereocenters. The van der Waals surface area contributed by atoms with Crippen LogP contribution in [-0.4, -0.2) is 4.98 Å². The molecule has 0 aliphatic carbocycles. The maximum absolute atomic E-state index is 13.2. The SMILES string of the molecule is Nc1ccc2c(Sc3ccc(F)c(F)c3)ccnc2c1. The minimum atomic E-state index is -0.849. The standard InChI is InChI=1S/C15H10F2N2S/c16-12-4-2-10(8-13(12)17)20-15-5-6-19-14-7-9(18)1-3-11(14)15/h1-8H,18H2. The lowest BCUT2D eigenvalue weighted by molar-refractivity contribution is 0.506. The molecule has 0 saturated heterocycles. The number of fused-ring (bicyclic) bond motifs is 1. The molecule has 0 aliphatic heterocycles. The van der Waals surface area contributed by atoms with Crippen LogP contribution in [0, 0.1) is 11.6 Å². The van der Waals surface area contributed by atoms with E-state index in [-0.39, 0.29) is 0 Å². The summed E-state index contributed by atoms with van der Waals surface area (Å²) in [6.45, 7) is 0. The molecule has 0 fully saturated rings. The molecule has 5 heteroatoms. The van der Waals surface area contributed by atoms with E-state index in [1.807, 2.05) is 12.1 Å². The summed E-state index contributed by atoms with van der Waals surface area (Å²) in [5.74, 6) is -1.70. The molecular formula is C15H10F2N2S. The summed E-state index contributed by atoms with van der Waals surface area (Å²) < 4.78 is 26.2. The molecule has 20 heavy (non-hydrogen) atoms. The monoisotopic (exact) mass is 288 g/mol. The summed E-state index contributed by atoms with van der Waals surface area (Å²) in [5, 5.41) is 0.927. The van der Waals surface area contributed by atoms with E-state index < -0.39 is 11.6 Å². The van der Waals surface area contributed by atoms with Gasteiger partial charge >= 0.3 is 0 Å². The van der Waals surface area contributed by atoms with E-state index in [2.05, 4.69) is 4.98 Å². The predicted octanol–water partition coefficient (Wildman–Crippen LogP) is 4.25. The molecule has 0 amide bonds. The highest BCUT2D eigenvalue weighted by Crippen LogP contribution is 2.33. The Morgan fingerprint density at radius 1 is 0.950 bits per heavy atom. The van der Waals surface area contributed by atoms with Crippen molar-refractivity contribution in [3.63, 3.8) is 0 Å². The maximum Gasteiger partial charge on any atom is 0.159 e. The molecule has 0 saturated carbocycles. The van der Waals surface area contributed by atoms with Gasteiger partial charge in [-0.05, 0) is 42.5 Å². The van der Waals surface area contributed by atoms with Crippen LogP contribution >= 0.6 is 11.8 Å². The first-order chi connectivity index (χ1) is 9.63. The summed E-state index contributed by atoms with van der Waals surface area (Å²) >= 11 is 1.36. The molecule has 0 unspecified atom stereocenters. The van der Waals surface area contributed by atoms with Crippen LogP contribution < -0.4 is 5.73 Å². The van der Waals surface area contributed by atoms with Crippen molar-refractivity contribution in [1.82, 2.24) is 4.98 Å². The average molecular weight is 288 g/mol. The van der Waals surface area contributed by atoms with Crippen molar-refractivity contribution >= 4 is 28.4 Å². The summed E-state index contributed by atoms with van der Waals surface area (Å²) in [6.07, 6.45) is 1.67. The fraction of sp³-hybridized carbons (Fsp3) is 0. The van der Waals surface area contributed by atoms with Gasteiger partial charge in [0.1, 0.15) is 0 Å². The number of halogens is 2. The first-order valence-corrected chi connectivity index (χ1v) is 6.72. The molecule has 1 heterocycles. The zero-order valence-electron chi connectivity index (χ0n) is 10.3. The van der Waals surface area contributed by atoms with Crippen molar-refractivity contribution in [3.8, 4) is 0 Å². The van der Waals surface area contributed by atoms with E-state index in [0.29, 0.717) is 10.6 Å². The van der Waals surface area contributed by atoms with E-state index in [0.717, 1.165) is 21.9 Å². The van der Waals surface area contributed by atoms with Crippen molar-refractivity contribution < 1.29 is 8.78 Å². The number of hydrogen-bond acceptors (Lipinski definition) is 3. The Hall–Kier alpha value is -2.14. The highest BCUT2D eigenvalue weighted by atomic mass is 32.2. The number of anilines is 1. The lowest BCUT2D eigenvalue weighted by Gasteiger charge is -2.06. The van der Waals surface area contributed by atoms with Gasteiger partial charge in [-0.3, -0.25) is 4.98 Å². The van der Waals surface area contributed by atoms with Crippen LogP contribution in [0.5, 0.6) is 0 Å². The molecule has 0 spiro atoms. The molecule has 3 rings (SSSR count). The van der Waals surface area contributed by atoms with E-state index in [1.165, 1.54) is 17.8 Å². The van der Waals surface area contributed by atoms with Crippen LogP contribution in [0.2, 0.25) is 0 Å². The van der Waals surface area contributed by atoms with Gasteiger partial charge in [0.2, 0.25) is 0 Å². The van der Waals surface area contributed by atoms with Crippen molar-refractivity contribution in [2.75, 3.05) is 5.73 Å². The van der Waals surface area contributed by atoms with Crippen molar-refractivity contribution in [1.29, 1.82) is 0 Å². The number of benzene rings is 2. The number of rotatable bonds is 2. The third-order valence-corrected chi connectivity index (χ3v) is 3.91. The molecule has 0 aliphatic rings. The Labute approximate surface area is 118 Å². The van der Waals surface area contributed by atoms with E-state index in [4.69, 9.17) is 5.73 Å². The number of hydrogen-bond donors (Lipinski definition) is 1. The van der Waals surface area contributed by atoms with Gasteiger partial charge in [-0.1, -0.05) is 11.8 Å². The molecule has 2 nitrogen and oxygen atoms in total. The van der Waals surface area contributed by atoms with Gasteiger partial charge in [0.15, 0.2) is 11.6 Å². The fourth-order valence-corrected chi connectivity index (χ4v) is 2.86. The normalized spacial score (nSPS) is 10.9. The van der Waals surface area contributed by atoms with Crippen LogP contribution in [0.1, 0.15) is 0 Å². The first kappa shape index (κ1) is 12.9. The quantitative estimate of drug-likeness (QED) is 0.717. The van der Waals surface area contributed by atoms with Gasteiger partial charge < -0.3 is 5.73 Å². The number of aromatic nitrogens is 1. The van der Waals surface area contributed by atoms with Gasteiger partial charge in [0.25, 0.3) is 0 Å². The Balaban J connectivity index is 2.04. The lowest BCUT2D eigenvalue weighted by Crippen LogP contribution is -1.88. The van der Waals surface area contributed by atoms with Crippen LogP contribution in [0.3, 0.4) is 0 Å². The van der Waals surface area contributed by atoms with Gasteiger partial charge in [-0.15, -0.1) is 0 Å². The van der Waals surface area contributed by atoms with Gasteiger partial charge in [-0.2, -0.15) is 0 Å². The smallest absolute Gasteiger partial charge is 0.159 e. The molecule has 2 N–H and O–H groups in total. The Morgan fingerprint density at radius 2 is 1.80 bits per heavy atom. The largest absolute Gasteiger partial charge is 0.399 e. The average Bonchev–Trinajstić information content (AvgIpc) is 2.43. The van der Waals surface area contributed by atoms with Gasteiger partial charge in [-0.25, -0.2) is 8.78 Å². The summed E-state index contributed by atoms with van der Waals surface area (Å²) in [7, 11) is 0. The van der Waals surface area contributed by atoms with Crippen molar-refractivity contribution in [2.45, 2.75) is 9.79 Å². The maximum atomic E-state index is 13.2. The Kier molecular flexibility index (Phi) is 3.28. The fourth-order valence-electron chi connectivity index (χ4n) is 1.90. The van der Waals surface area contributed by atoms with E-state index >= 15 is 0 Å². The van der Waals surface area contributed by atoms with Crippen LogP contribution in [0.15, 0.2) is 58.5 Å². The Bertz CT molecular complexity index is 790. The number of nitrogens with two attached hydrogens (primary N) is 1. The Morgan fingerprint density at radius 3 is 2.60 bits per heavy atom. The third kappa shape index (κ3) is 2.44. The topological polar surface area (TPSA) is 38.9 Å². The van der Waals surface area contributed by atoms with Crippen LogP contribution in [0.4, 0.5) is 14.5 Å². The minimum absolute atomic E-state index is 0.633. The second kappa shape index (κ2) is 5.09. The van der Waals surface area contributed by atoms with Crippen molar-refractivity contribution in [3.05, 3.63) is 60.3 Å². The van der Waals surface area contributed by atoms with Crippen molar-refractivity contribution in [2.24, 2.45) is 0 Å². The second-order valence-electron chi connectivity index (χ2n) is 4.26. The van der Waals surface area contributed by atoms with E-state index in [1.54, 1.807) is 24.4 Å². The minimum Gasteiger partial charge on any atom is -0.399 e. The van der Waals surface area contributed by atoms with Gasteiger partial charge in [0, 0.05) is 27.1 Å². The first-order valence-electron chi connectivity index (χ1n) is 5.90. The molecule has 1 aromatic heterocycles. The highest BCUT2D eigenvalue weighted by Gasteiger charge is 2.07. The van der Waals surface area contributed by atoms with Crippen LogP contribution in [-0.2, 0) is 0 Å². The molecule has 0 radical (unpaired) electrons. The third-order valence-electron chi connectivity index (χ3n) is 2.85. The van der Waals surface area contributed by atoms with Gasteiger partial charge in [0.05, 0.1) is 5.52 Å². The molecule has 2 aromatic carbocycles. The number of nitrogens with zero attached hydrogens (tertiary/aromatic N) is 1. The summed E-state index contributed by atoms with van der Waals surface area (Å²) in [5.41, 5.74) is 7.14. The summed E-state index contributed by atoms with van der Waals surface area (Å²) in [6, 6.07) is 11.1. The molecular weight excluding hydrogens is 278 g/mol.